The Morgan fingerprint density at radius 1 is 0.737 bits per heavy atom. The number of ether oxygens (including phenoxy) is 1. The molecule has 0 aliphatic rings. The van der Waals surface area contributed by atoms with Crippen molar-refractivity contribution in [3.05, 3.63) is 111 Å². The lowest BCUT2D eigenvalue weighted by molar-refractivity contribution is -0.119. The first-order chi connectivity index (χ1) is 18.4. The highest BCUT2D eigenvalue weighted by molar-refractivity contribution is 14.1. The second kappa shape index (κ2) is 11.1. The lowest BCUT2D eigenvalue weighted by Crippen LogP contribution is -2.20. The maximum atomic E-state index is 12.8. The van der Waals surface area contributed by atoms with E-state index < -0.39 is 18.5 Å². The molecule has 5 rings (SSSR count). The molecule has 0 aliphatic heterocycles. The topological polar surface area (TPSA) is 81.2 Å². The normalized spacial score (nSPS) is 10.8. The quantitative estimate of drug-likeness (QED) is 0.165. The molecule has 0 saturated carbocycles. The minimum Gasteiger partial charge on any atom is -0.452 e. The van der Waals surface area contributed by atoms with Gasteiger partial charge in [-0.05, 0) is 78.9 Å². The molecule has 0 saturated heterocycles. The van der Waals surface area contributed by atoms with Crippen LogP contribution in [0.1, 0.15) is 21.5 Å². The van der Waals surface area contributed by atoms with E-state index in [1.807, 2.05) is 74.5 Å². The molecule has 7 heteroatoms. The van der Waals surface area contributed by atoms with Crippen molar-refractivity contribution >= 4 is 51.2 Å². The van der Waals surface area contributed by atoms with Crippen LogP contribution >= 0.6 is 22.6 Å². The summed E-state index contributed by atoms with van der Waals surface area (Å²) in [4.78, 5) is 34.9. The molecule has 1 N–H and O–H groups in total. The van der Waals surface area contributed by atoms with E-state index in [4.69, 9.17) is 14.7 Å². The zero-order chi connectivity index (χ0) is 26.6. The van der Waals surface area contributed by atoms with E-state index in [9.17, 15) is 9.59 Å². The highest BCUT2D eigenvalue weighted by atomic mass is 127. The molecular formula is C31H24IN3O3. The van der Waals surface area contributed by atoms with Crippen LogP contribution in [0.15, 0.2) is 91.0 Å². The second-order valence-electron chi connectivity index (χ2n) is 8.99. The van der Waals surface area contributed by atoms with E-state index in [-0.39, 0.29) is 0 Å². The van der Waals surface area contributed by atoms with Gasteiger partial charge in [-0.2, -0.15) is 0 Å². The zero-order valence-corrected chi connectivity index (χ0v) is 23.0. The van der Waals surface area contributed by atoms with Gasteiger partial charge in [0.15, 0.2) is 6.61 Å². The van der Waals surface area contributed by atoms with E-state index in [0.717, 1.165) is 37.2 Å². The minimum atomic E-state index is -0.606. The van der Waals surface area contributed by atoms with Crippen molar-refractivity contribution in [3.63, 3.8) is 0 Å². The van der Waals surface area contributed by atoms with Crippen molar-refractivity contribution in [2.45, 2.75) is 13.8 Å². The predicted molar refractivity (Wildman–Crippen MR) is 158 cm³/mol. The highest BCUT2D eigenvalue weighted by Gasteiger charge is 2.16. The summed E-state index contributed by atoms with van der Waals surface area (Å²) in [6, 6.07) is 28.7. The van der Waals surface area contributed by atoms with E-state index in [0.29, 0.717) is 22.3 Å². The average Bonchev–Trinajstić information content (AvgIpc) is 2.93. The van der Waals surface area contributed by atoms with E-state index in [2.05, 4.69) is 27.9 Å². The molecule has 1 amide bonds. The van der Waals surface area contributed by atoms with Gasteiger partial charge in [0.2, 0.25) is 0 Å². The molecule has 6 nitrogen and oxygen atoms in total. The van der Waals surface area contributed by atoms with Gasteiger partial charge in [-0.3, -0.25) is 4.79 Å². The van der Waals surface area contributed by atoms with Crippen LogP contribution in [0.5, 0.6) is 0 Å². The first kappa shape index (κ1) is 25.5. The summed E-state index contributed by atoms with van der Waals surface area (Å²) in [7, 11) is 0. The Labute approximate surface area is 234 Å². The van der Waals surface area contributed by atoms with Crippen LogP contribution in [-0.4, -0.2) is 28.5 Å². The van der Waals surface area contributed by atoms with Gasteiger partial charge in [-0.1, -0.05) is 59.7 Å². The van der Waals surface area contributed by atoms with Crippen molar-refractivity contribution in [3.8, 4) is 22.5 Å². The van der Waals surface area contributed by atoms with Gasteiger partial charge >= 0.3 is 5.97 Å². The highest BCUT2D eigenvalue weighted by Crippen LogP contribution is 2.31. The Kier molecular flexibility index (Phi) is 7.46. The minimum absolute atomic E-state index is 0.298. The Hall–Kier alpha value is -4.11. The van der Waals surface area contributed by atoms with Gasteiger partial charge < -0.3 is 10.1 Å². The number of nitrogens with one attached hydrogen (secondary N) is 1. The Morgan fingerprint density at radius 2 is 1.29 bits per heavy atom. The number of anilines is 1. The molecule has 4 aromatic carbocycles. The maximum absolute atomic E-state index is 12.8. The smallest absolute Gasteiger partial charge is 0.338 e. The SMILES string of the molecule is Cc1ccc(-c2nc3ccc(C(=O)OCC(=O)Nc4ccc(I)cc4)cc3nc2-c2ccc(C)cc2)cc1. The summed E-state index contributed by atoms with van der Waals surface area (Å²) < 4.78 is 6.32. The van der Waals surface area contributed by atoms with Crippen molar-refractivity contribution in [2.24, 2.45) is 0 Å². The Morgan fingerprint density at radius 3 is 1.87 bits per heavy atom. The Balaban J connectivity index is 1.42. The third kappa shape index (κ3) is 5.89. The number of esters is 1. The van der Waals surface area contributed by atoms with Gasteiger partial charge in [-0.25, -0.2) is 14.8 Å². The summed E-state index contributed by atoms with van der Waals surface area (Å²) >= 11 is 2.19. The number of halogens is 1. The molecule has 188 valence electrons. The molecule has 1 heterocycles. The molecular weight excluding hydrogens is 589 g/mol. The van der Waals surface area contributed by atoms with E-state index >= 15 is 0 Å². The van der Waals surface area contributed by atoms with Gasteiger partial charge in [0.1, 0.15) is 0 Å². The number of aryl methyl sites for hydroxylation is 2. The van der Waals surface area contributed by atoms with Crippen LogP contribution in [0.25, 0.3) is 33.5 Å². The molecule has 0 unspecified atom stereocenters. The molecule has 0 aliphatic carbocycles. The number of hydrogen-bond donors (Lipinski definition) is 1. The third-order valence-electron chi connectivity index (χ3n) is 6.01. The maximum Gasteiger partial charge on any atom is 0.338 e. The molecule has 38 heavy (non-hydrogen) atoms. The number of rotatable bonds is 6. The summed E-state index contributed by atoms with van der Waals surface area (Å²) in [5.74, 6) is -1.02. The monoisotopic (exact) mass is 613 g/mol. The summed E-state index contributed by atoms with van der Waals surface area (Å²) in [5, 5.41) is 2.72. The van der Waals surface area contributed by atoms with E-state index in [1.165, 1.54) is 0 Å². The summed E-state index contributed by atoms with van der Waals surface area (Å²) in [5.41, 5.74) is 7.85. The molecule has 0 bridgehead atoms. The number of fused-ring (bicyclic) bond motifs is 1. The predicted octanol–water partition coefficient (Wildman–Crippen LogP) is 6.98. The number of amides is 1. The lowest BCUT2D eigenvalue weighted by atomic mass is 10.0. The van der Waals surface area contributed by atoms with Crippen LogP contribution in [-0.2, 0) is 9.53 Å². The van der Waals surface area contributed by atoms with Gasteiger partial charge in [0.25, 0.3) is 5.91 Å². The zero-order valence-electron chi connectivity index (χ0n) is 20.9. The lowest BCUT2D eigenvalue weighted by Gasteiger charge is -2.12. The number of benzene rings is 4. The molecule has 0 spiro atoms. The molecule has 0 radical (unpaired) electrons. The van der Waals surface area contributed by atoms with Crippen molar-refractivity contribution in [1.29, 1.82) is 0 Å². The Bertz CT molecular complexity index is 1630. The van der Waals surface area contributed by atoms with Gasteiger partial charge in [0.05, 0.1) is 28.0 Å². The van der Waals surface area contributed by atoms with Crippen LogP contribution in [0.2, 0.25) is 0 Å². The summed E-state index contributed by atoms with van der Waals surface area (Å²) in [6.45, 7) is 3.69. The average molecular weight is 613 g/mol. The number of carbonyl (C=O) groups excluding carboxylic acids is 2. The summed E-state index contributed by atoms with van der Waals surface area (Å²) in [6.07, 6.45) is 0. The third-order valence-corrected chi connectivity index (χ3v) is 6.73. The fraction of sp³-hybridized carbons (Fsp3) is 0.0968. The largest absolute Gasteiger partial charge is 0.452 e. The molecule has 1 aromatic heterocycles. The van der Waals surface area contributed by atoms with Crippen LogP contribution in [0.4, 0.5) is 5.69 Å². The number of carbonyl (C=O) groups is 2. The van der Waals surface area contributed by atoms with Crippen molar-refractivity contribution in [1.82, 2.24) is 9.97 Å². The fourth-order valence-corrected chi connectivity index (χ4v) is 4.31. The molecule has 0 atom stereocenters. The first-order valence-electron chi connectivity index (χ1n) is 12.0. The first-order valence-corrected chi connectivity index (χ1v) is 13.1. The van der Waals surface area contributed by atoms with E-state index in [1.54, 1.807) is 30.3 Å². The number of aromatic nitrogens is 2. The molecule has 5 aromatic rings. The van der Waals surface area contributed by atoms with Gasteiger partial charge in [0, 0.05) is 20.4 Å². The molecule has 0 fully saturated rings. The second-order valence-corrected chi connectivity index (χ2v) is 10.2. The fourth-order valence-electron chi connectivity index (χ4n) is 3.95. The number of hydrogen-bond acceptors (Lipinski definition) is 5. The number of nitrogens with zero attached hydrogens (tertiary/aromatic N) is 2. The van der Waals surface area contributed by atoms with Crippen molar-refractivity contribution in [2.75, 3.05) is 11.9 Å². The van der Waals surface area contributed by atoms with Crippen LogP contribution < -0.4 is 5.32 Å². The van der Waals surface area contributed by atoms with Crippen LogP contribution in [0.3, 0.4) is 0 Å². The van der Waals surface area contributed by atoms with Crippen LogP contribution in [0, 0.1) is 17.4 Å². The van der Waals surface area contributed by atoms with Gasteiger partial charge in [-0.15, -0.1) is 0 Å². The standard InChI is InChI=1S/C31H24IN3O3/c1-19-3-7-21(8-4-19)29-30(22-9-5-20(2)6-10-22)35-27-17-23(11-16-26(27)34-29)31(37)38-18-28(36)33-25-14-12-24(32)13-15-25/h3-17H,18H2,1-2H3,(H,33,36). The van der Waals surface area contributed by atoms with Crippen molar-refractivity contribution < 1.29 is 14.3 Å².